The molecule has 0 bridgehead atoms. The molecule has 96 valence electrons. The molecule has 1 heterocycles. The zero-order chi connectivity index (χ0) is 13.5. The lowest BCUT2D eigenvalue weighted by molar-refractivity contribution is 0.300. The maximum atomic E-state index is 9.14. The predicted molar refractivity (Wildman–Crippen MR) is 71.3 cm³/mol. The summed E-state index contributed by atoms with van der Waals surface area (Å²) in [6.45, 7) is 1.02. The van der Waals surface area contributed by atoms with Crippen molar-refractivity contribution in [1.29, 1.82) is 5.26 Å². The van der Waals surface area contributed by atoms with Crippen LogP contribution in [0.25, 0.3) is 0 Å². The largest absolute Gasteiger partial charge is 0.395 e. The highest BCUT2D eigenvalue weighted by molar-refractivity contribution is 5.35. The van der Waals surface area contributed by atoms with Crippen molar-refractivity contribution < 1.29 is 5.11 Å². The maximum Gasteiger partial charge on any atom is 0.226 e. The first-order valence-corrected chi connectivity index (χ1v) is 5.96. The first-order chi connectivity index (χ1) is 9.33. The Labute approximate surface area is 111 Å². The van der Waals surface area contributed by atoms with Gasteiger partial charge in [0, 0.05) is 19.3 Å². The minimum atomic E-state index is 0.00692. The number of hydrogen-bond acceptors (Lipinski definition) is 5. The summed E-state index contributed by atoms with van der Waals surface area (Å²) in [5.41, 5.74) is 1.42. The molecule has 0 aliphatic carbocycles. The van der Waals surface area contributed by atoms with Crippen molar-refractivity contribution in [2.45, 2.75) is 6.54 Å². The van der Waals surface area contributed by atoms with Gasteiger partial charge in [0.25, 0.3) is 0 Å². The van der Waals surface area contributed by atoms with Crippen molar-refractivity contribution in [3.05, 3.63) is 53.9 Å². The first kappa shape index (κ1) is 13.0. The average molecular weight is 254 g/mol. The number of hydrogen-bond donors (Lipinski definition) is 1. The van der Waals surface area contributed by atoms with E-state index in [1.165, 1.54) is 0 Å². The molecule has 2 aromatic rings. The fourth-order valence-corrected chi connectivity index (χ4v) is 1.74. The smallest absolute Gasteiger partial charge is 0.226 e. The van der Waals surface area contributed by atoms with Crippen LogP contribution in [-0.4, -0.2) is 28.2 Å². The monoisotopic (exact) mass is 254 g/mol. The van der Waals surface area contributed by atoms with Crippen LogP contribution >= 0.6 is 0 Å². The second-order valence-electron chi connectivity index (χ2n) is 3.98. The lowest BCUT2D eigenvalue weighted by Gasteiger charge is -2.21. The highest BCUT2D eigenvalue weighted by Gasteiger charge is 2.10. The molecule has 1 aromatic heterocycles. The van der Waals surface area contributed by atoms with Crippen LogP contribution in [0.5, 0.6) is 0 Å². The van der Waals surface area contributed by atoms with E-state index < -0.39 is 0 Å². The molecule has 2 rings (SSSR count). The molecule has 0 fully saturated rings. The van der Waals surface area contributed by atoms with Gasteiger partial charge in [0.1, 0.15) is 11.8 Å². The summed E-state index contributed by atoms with van der Waals surface area (Å²) in [7, 11) is 0. The summed E-state index contributed by atoms with van der Waals surface area (Å²) in [6, 6.07) is 13.4. The van der Waals surface area contributed by atoms with E-state index in [0.717, 1.165) is 5.56 Å². The van der Waals surface area contributed by atoms with Gasteiger partial charge < -0.3 is 10.0 Å². The molecule has 0 atom stereocenters. The Bertz CT molecular complexity index is 565. The van der Waals surface area contributed by atoms with Gasteiger partial charge in [-0.2, -0.15) is 5.26 Å². The van der Waals surface area contributed by atoms with E-state index in [-0.39, 0.29) is 6.61 Å². The number of aliphatic hydroxyl groups excluding tert-OH is 1. The van der Waals surface area contributed by atoms with Crippen LogP contribution in [0.15, 0.2) is 42.6 Å². The van der Waals surface area contributed by atoms with E-state index in [1.807, 2.05) is 41.3 Å². The molecular formula is C14H14N4O. The second-order valence-corrected chi connectivity index (χ2v) is 3.98. The van der Waals surface area contributed by atoms with Crippen molar-refractivity contribution in [1.82, 2.24) is 9.97 Å². The molecule has 0 amide bonds. The summed E-state index contributed by atoms with van der Waals surface area (Å²) in [5, 5.41) is 18.0. The third kappa shape index (κ3) is 3.50. The van der Waals surface area contributed by atoms with E-state index >= 15 is 0 Å². The summed E-state index contributed by atoms with van der Waals surface area (Å²) in [6.07, 6.45) is 1.55. The number of aliphatic hydroxyl groups is 1. The Morgan fingerprint density at radius 3 is 2.68 bits per heavy atom. The SMILES string of the molecule is N#Cc1ccnc(N(CCO)Cc2ccccc2)n1. The van der Waals surface area contributed by atoms with Crippen molar-refractivity contribution in [2.24, 2.45) is 0 Å². The van der Waals surface area contributed by atoms with Crippen molar-refractivity contribution >= 4 is 5.95 Å². The van der Waals surface area contributed by atoms with Gasteiger partial charge in [-0.25, -0.2) is 9.97 Å². The Hall–Kier alpha value is -2.45. The number of rotatable bonds is 5. The van der Waals surface area contributed by atoms with Gasteiger partial charge in [0.05, 0.1) is 6.61 Å². The normalized spacial score (nSPS) is 9.89. The molecular weight excluding hydrogens is 240 g/mol. The van der Waals surface area contributed by atoms with Crippen molar-refractivity contribution in [3.8, 4) is 6.07 Å². The highest BCUT2D eigenvalue weighted by atomic mass is 16.3. The fraction of sp³-hybridized carbons (Fsp3) is 0.214. The van der Waals surface area contributed by atoms with E-state index in [2.05, 4.69) is 9.97 Å². The minimum Gasteiger partial charge on any atom is -0.395 e. The lowest BCUT2D eigenvalue weighted by atomic mass is 10.2. The van der Waals surface area contributed by atoms with Crippen LogP contribution in [0, 0.1) is 11.3 Å². The van der Waals surface area contributed by atoms with Crippen molar-refractivity contribution in [2.75, 3.05) is 18.1 Å². The number of nitrogens with zero attached hydrogens (tertiary/aromatic N) is 4. The number of aromatic nitrogens is 2. The Morgan fingerprint density at radius 2 is 2.00 bits per heavy atom. The highest BCUT2D eigenvalue weighted by Crippen LogP contribution is 2.12. The number of nitriles is 1. The lowest BCUT2D eigenvalue weighted by Crippen LogP contribution is -2.28. The van der Waals surface area contributed by atoms with Crippen LogP contribution in [0.4, 0.5) is 5.95 Å². The zero-order valence-corrected chi connectivity index (χ0v) is 10.4. The van der Waals surface area contributed by atoms with Crippen LogP contribution in [0.3, 0.4) is 0 Å². The summed E-state index contributed by atoms with van der Waals surface area (Å²) in [4.78, 5) is 10.1. The van der Waals surface area contributed by atoms with Crippen LogP contribution in [-0.2, 0) is 6.54 Å². The third-order valence-corrected chi connectivity index (χ3v) is 2.63. The van der Waals surface area contributed by atoms with Crippen molar-refractivity contribution in [3.63, 3.8) is 0 Å². The summed E-state index contributed by atoms with van der Waals surface area (Å²) >= 11 is 0. The predicted octanol–water partition coefficient (Wildman–Crippen LogP) is 1.35. The van der Waals surface area contributed by atoms with Gasteiger partial charge in [-0.1, -0.05) is 30.3 Å². The van der Waals surface area contributed by atoms with Crippen LogP contribution in [0.1, 0.15) is 11.3 Å². The van der Waals surface area contributed by atoms with Gasteiger partial charge >= 0.3 is 0 Å². The van der Waals surface area contributed by atoms with Gasteiger partial charge in [-0.15, -0.1) is 0 Å². The molecule has 1 aromatic carbocycles. The number of anilines is 1. The average Bonchev–Trinajstić information content (AvgIpc) is 2.48. The summed E-state index contributed by atoms with van der Waals surface area (Å²) in [5.74, 6) is 0.456. The molecule has 5 heteroatoms. The quantitative estimate of drug-likeness (QED) is 0.871. The molecule has 0 aliphatic rings. The molecule has 5 nitrogen and oxygen atoms in total. The van der Waals surface area contributed by atoms with E-state index in [1.54, 1.807) is 12.3 Å². The second kappa shape index (κ2) is 6.47. The standard InChI is InChI=1S/C14H14N4O/c15-10-13-6-7-16-14(17-13)18(8-9-19)11-12-4-2-1-3-5-12/h1-7,19H,8-9,11H2. The summed E-state index contributed by atoms with van der Waals surface area (Å²) < 4.78 is 0. The number of benzene rings is 1. The van der Waals surface area contributed by atoms with E-state index in [4.69, 9.17) is 10.4 Å². The van der Waals surface area contributed by atoms with E-state index in [0.29, 0.717) is 24.7 Å². The maximum absolute atomic E-state index is 9.14. The third-order valence-electron chi connectivity index (χ3n) is 2.63. The molecule has 0 saturated heterocycles. The van der Waals surface area contributed by atoms with Gasteiger partial charge in [-0.3, -0.25) is 0 Å². The van der Waals surface area contributed by atoms with Gasteiger partial charge in [0.15, 0.2) is 0 Å². The van der Waals surface area contributed by atoms with Gasteiger partial charge in [0.2, 0.25) is 5.95 Å². The molecule has 0 saturated carbocycles. The Balaban J connectivity index is 2.22. The zero-order valence-electron chi connectivity index (χ0n) is 10.4. The molecule has 0 radical (unpaired) electrons. The Morgan fingerprint density at radius 1 is 1.21 bits per heavy atom. The molecule has 1 N–H and O–H groups in total. The fourth-order valence-electron chi connectivity index (χ4n) is 1.74. The van der Waals surface area contributed by atoms with Crippen LogP contribution in [0.2, 0.25) is 0 Å². The topological polar surface area (TPSA) is 73.0 Å². The molecule has 0 spiro atoms. The first-order valence-electron chi connectivity index (χ1n) is 5.96. The minimum absolute atomic E-state index is 0.00692. The Kier molecular flexibility index (Phi) is 4.43. The molecule has 0 unspecified atom stereocenters. The molecule has 0 aliphatic heterocycles. The molecule has 19 heavy (non-hydrogen) atoms. The van der Waals surface area contributed by atoms with Gasteiger partial charge in [-0.05, 0) is 11.6 Å². The van der Waals surface area contributed by atoms with E-state index in [9.17, 15) is 0 Å². The van der Waals surface area contributed by atoms with Crippen LogP contribution < -0.4 is 4.90 Å².